The van der Waals surface area contributed by atoms with Crippen molar-refractivity contribution in [1.29, 1.82) is 0 Å². The van der Waals surface area contributed by atoms with E-state index < -0.39 is 11.7 Å². The molecule has 2 heterocycles. The van der Waals surface area contributed by atoms with Gasteiger partial charge in [0.1, 0.15) is 5.69 Å². The zero-order valence-electron chi connectivity index (χ0n) is 12.9. The number of nitrogens with zero attached hydrogens (tertiary/aromatic N) is 3. The maximum atomic E-state index is 12.5. The van der Waals surface area contributed by atoms with Gasteiger partial charge in [-0.2, -0.15) is 18.2 Å². The number of benzene rings is 1. The highest BCUT2D eigenvalue weighted by Gasteiger charge is 2.30. The Kier molecular flexibility index (Phi) is 4.90. The van der Waals surface area contributed by atoms with E-state index in [9.17, 15) is 18.0 Å². The molecule has 1 N–H and O–H groups in total. The van der Waals surface area contributed by atoms with Crippen LogP contribution in [-0.2, 0) is 12.7 Å². The first kappa shape index (κ1) is 17.9. The van der Waals surface area contributed by atoms with Crippen LogP contribution in [0.15, 0.2) is 47.1 Å². The first-order chi connectivity index (χ1) is 12.3. The van der Waals surface area contributed by atoms with E-state index in [1.54, 1.807) is 18.2 Å². The standard InChI is InChI=1S/C16H10ClF3N4O2/c17-11-3-1-2-9(6-11)14(25)22-8-13-23-15(26-24-13)12-5-4-10(7-21-12)16(18,19)20/h1-7H,8H2,(H,22,25). The van der Waals surface area contributed by atoms with Crippen LogP contribution in [0, 0.1) is 0 Å². The van der Waals surface area contributed by atoms with E-state index in [2.05, 4.69) is 20.4 Å². The summed E-state index contributed by atoms with van der Waals surface area (Å²) >= 11 is 5.82. The fourth-order valence-electron chi connectivity index (χ4n) is 2.01. The van der Waals surface area contributed by atoms with Gasteiger partial charge in [0.05, 0.1) is 12.1 Å². The number of hydrogen-bond acceptors (Lipinski definition) is 5. The molecule has 26 heavy (non-hydrogen) atoms. The third-order valence-electron chi connectivity index (χ3n) is 3.27. The van der Waals surface area contributed by atoms with Crippen LogP contribution in [0.2, 0.25) is 5.02 Å². The van der Waals surface area contributed by atoms with Crippen LogP contribution in [0.5, 0.6) is 0 Å². The van der Waals surface area contributed by atoms with E-state index >= 15 is 0 Å². The molecule has 0 saturated carbocycles. The largest absolute Gasteiger partial charge is 0.417 e. The lowest BCUT2D eigenvalue weighted by atomic mass is 10.2. The summed E-state index contributed by atoms with van der Waals surface area (Å²) < 4.78 is 42.5. The van der Waals surface area contributed by atoms with Gasteiger partial charge in [-0.05, 0) is 30.3 Å². The molecule has 3 aromatic rings. The Bertz CT molecular complexity index is 926. The van der Waals surface area contributed by atoms with Gasteiger partial charge in [-0.25, -0.2) is 0 Å². The second kappa shape index (κ2) is 7.12. The maximum Gasteiger partial charge on any atom is 0.417 e. The lowest BCUT2D eigenvalue weighted by Crippen LogP contribution is -2.23. The fourth-order valence-corrected chi connectivity index (χ4v) is 2.20. The second-order valence-corrected chi connectivity index (χ2v) is 5.58. The van der Waals surface area contributed by atoms with Crippen LogP contribution in [0.4, 0.5) is 13.2 Å². The van der Waals surface area contributed by atoms with Crippen LogP contribution in [-0.4, -0.2) is 21.0 Å². The molecule has 0 atom stereocenters. The number of hydrogen-bond donors (Lipinski definition) is 1. The van der Waals surface area contributed by atoms with Gasteiger partial charge in [-0.15, -0.1) is 0 Å². The zero-order chi connectivity index (χ0) is 18.7. The minimum atomic E-state index is -4.48. The van der Waals surface area contributed by atoms with Gasteiger partial charge in [0.2, 0.25) is 0 Å². The maximum absolute atomic E-state index is 12.5. The number of carbonyl (C=O) groups is 1. The number of aromatic nitrogens is 3. The Morgan fingerprint density at radius 2 is 2.04 bits per heavy atom. The number of carbonyl (C=O) groups excluding carboxylic acids is 1. The Morgan fingerprint density at radius 1 is 1.23 bits per heavy atom. The lowest BCUT2D eigenvalue weighted by molar-refractivity contribution is -0.137. The number of halogens is 4. The molecular weight excluding hydrogens is 373 g/mol. The first-order valence-corrected chi connectivity index (χ1v) is 7.61. The van der Waals surface area contributed by atoms with Gasteiger partial charge < -0.3 is 9.84 Å². The average molecular weight is 383 g/mol. The van der Waals surface area contributed by atoms with Crippen molar-refractivity contribution in [2.24, 2.45) is 0 Å². The topological polar surface area (TPSA) is 80.9 Å². The van der Waals surface area contributed by atoms with Gasteiger partial charge >= 0.3 is 6.18 Å². The molecule has 2 aromatic heterocycles. The number of amides is 1. The van der Waals surface area contributed by atoms with Gasteiger partial charge in [-0.3, -0.25) is 9.78 Å². The van der Waals surface area contributed by atoms with Gasteiger partial charge in [0, 0.05) is 16.8 Å². The minimum Gasteiger partial charge on any atom is -0.345 e. The molecule has 0 bridgehead atoms. The first-order valence-electron chi connectivity index (χ1n) is 7.23. The highest BCUT2D eigenvalue weighted by atomic mass is 35.5. The lowest BCUT2D eigenvalue weighted by Gasteiger charge is -2.05. The molecule has 134 valence electrons. The quantitative estimate of drug-likeness (QED) is 0.743. The number of rotatable bonds is 4. The van der Waals surface area contributed by atoms with Crippen LogP contribution < -0.4 is 5.32 Å². The fraction of sp³-hybridized carbons (Fsp3) is 0.125. The smallest absolute Gasteiger partial charge is 0.345 e. The van der Waals surface area contributed by atoms with E-state index in [0.717, 1.165) is 12.1 Å². The molecule has 0 spiro atoms. The molecule has 3 rings (SSSR count). The Morgan fingerprint density at radius 3 is 2.69 bits per heavy atom. The summed E-state index contributed by atoms with van der Waals surface area (Å²) in [5.74, 6) is -0.283. The third kappa shape index (κ3) is 4.17. The highest BCUT2D eigenvalue weighted by molar-refractivity contribution is 6.30. The van der Waals surface area contributed by atoms with Crippen molar-refractivity contribution in [2.75, 3.05) is 0 Å². The van der Waals surface area contributed by atoms with Crippen molar-refractivity contribution in [3.63, 3.8) is 0 Å². The van der Waals surface area contributed by atoms with E-state index in [0.29, 0.717) is 16.8 Å². The average Bonchev–Trinajstić information content (AvgIpc) is 3.08. The summed E-state index contributed by atoms with van der Waals surface area (Å²) in [4.78, 5) is 19.7. The van der Waals surface area contributed by atoms with Crippen LogP contribution in [0.1, 0.15) is 21.7 Å². The molecule has 0 aliphatic rings. The van der Waals surface area contributed by atoms with E-state index in [1.165, 1.54) is 6.07 Å². The molecule has 0 aliphatic heterocycles. The van der Waals surface area contributed by atoms with Crippen LogP contribution in [0.3, 0.4) is 0 Å². The summed E-state index contributed by atoms with van der Waals surface area (Å²) in [6, 6.07) is 8.37. The number of nitrogens with one attached hydrogen (secondary N) is 1. The summed E-state index contributed by atoms with van der Waals surface area (Å²) in [6.07, 6.45) is -3.80. The molecule has 1 amide bonds. The van der Waals surface area contributed by atoms with Crippen molar-refractivity contribution in [2.45, 2.75) is 12.7 Å². The molecule has 0 unspecified atom stereocenters. The van der Waals surface area contributed by atoms with Gasteiger partial charge in [0.25, 0.3) is 11.8 Å². The monoisotopic (exact) mass is 382 g/mol. The van der Waals surface area contributed by atoms with Crippen LogP contribution in [0.25, 0.3) is 11.6 Å². The summed E-state index contributed by atoms with van der Waals surface area (Å²) in [5, 5.41) is 6.67. The second-order valence-electron chi connectivity index (χ2n) is 5.14. The molecular formula is C16H10ClF3N4O2. The van der Waals surface area contributed by atoms with Gasteiger partial charge in [-0.1, -0.05) is 22.8 Å². The van der Waals surface area contributed by atoms with Crippen molar-refractivity contribution < 1.29 is 22.5 Å². The van der Waals surface area contributed by atoms with Crippen molar-refractivity contribution in [1.82, 2.24) is 20.4 Å². The number of alkyl halides is 3. The summed E-state index contributed by atoms with van der Waals surface area (Å²) in [5.41, 5.74) is -0.418. The predicted octanol–water partition coefficient (Wildman–Crippen LogP) is 3.73. The van der Waals surface area contributed by atoms with Crippen molar-refractivity contribution in [3.8, 4) is 11.6 Å². The minimum absolute atomic E-state index is 0.0323. The molecule has 0 saturated heterocycles. The Labute approximate surface area is 150 Å². The normalized spacial score (nSPS) is 11.4. The van der Waals surface area contributed by atoms with Crippen molar-refractivity contribution in [3.05, 3.63) is 64.6 Å². The Balaban J connectivity index is 1.65. The molecule has 0 fully saturated rings. The molecule has 1 aromatic carbocycles. The number of pyridine rings is 1. The molecule has 10 heteroatoms. The van der Waals surface area contributed by atoms with E-state index in [4.69, 9.17) is 16.1 Å². The Hall–Kier alpha value is -2.94. The predicted molar refractivity (Wildman–Crippen MR) is 85.2 cm³/mol. The summed E-state index contributed by atoms with van der Waals surface area (Å²) in [6.45, 7) is -0.0323. The molecule has 0 radical (unpaired) electrons. The van der Waals surface area contributed by atoms with E-state index in [1.807, 2.05) is 0 Å². The molecule has 0 aliphatic carbocycles. The van der Waals surface area contributed by atoms with Gasteiger partial charge in [0.15, 0.2) is 5.82 Å². The van der Waals surface area contributed by atoms with Crippen LogP contribution >= 0.6 is 11.6 Å². The summed E-state index contributed by atoms with van der Waals surface area (Å²) in [7, 11) is 0. The van der Waals surface area contributed by atoms with Crippen molar-refractivity contribution >= 4 is 17.5 Å². The highest BCUT2D eigenvalue weighted by Crippen LogP contribution is 2.29. The molecule has 6 nitrogen and oxygen atoms in total. The SMILES string of the molecule is O=C(NCc1noc(-c2ccc(C(F)(F)F)cn2)n1)c1cccc(Cl)c1. The zero-order valence-corrected chi connectivity index (χ0v) is 13.7. The van der Waals surface area contributed by atoms with E-state index in [-0.39, 0.29) is 29.9 Å². The third-order valence-corrected chi connectivity index (χ3v) is 3.51.